The lowest BCUT2D eigenvalue weighted by atomic mass is 10.1. The normalized spacial score (nSPS) is 16.4. The van der Waals surface area contributed by atoms with Gasteiger partial charge in [-0.1, -0.05) is 30.3 Å². The number of carboxylic acid groups (broad SMARTS) is 1. The van der Waals surface area contributed by atoms with E-state index in [1.165, 1.54) is 0 Å². The fraction of sp³-hybridized carbons (Fsp3) is 0.588. The first kappa shape index (κ1) is 19.7. The number of hydrogen-bond donors (Lipinski definition) is 2. The second-order valence-electron chi connectivity index (χ2n) is 7.35. The van der Waals surface area contributed by atoms with E-state index in [4.69, 9.17) is 4.74 Å². The number of sulfonamides is 1. The molecule has 0 atom stereocenters. The quantitative estimate of drug-likeness (QED) is 0.542. The molecule has 0 spiro atoms. The molecule has 1 amide bonds. The van der Waals surface area contributed by atoms with Gasteiger partial charge in [0.2, 0.25) is 10.0 Å². The topological polar surface area (TPSA) is 95.9 Å². The molecule has 0 radical (unpaired) electrons. The molecule has 1 aliphatic rings. The van der Waals surface area contributed by atoms with Crippen LogP contribution in [0, 0.1) is 0 Å². The molecule has 0 bridgehead atoms. The van der Waals surface area contributed by atoms with Crippen molar-refractivity contribution in [3.8, 4) is 0 Å². The van der Waals surface area contributed by atoms with E-state index in [9.17, 15) is 18.3 Å². The first-order chi connectivity index (χ1) is 11.6. The molecule has 1 aromatic rings. The maximum atomic E-state index is 12.7. The van der Waals surface area contributed by atoms with Crippen LogP contribution in [0.15, 0.2) is 30.3 Å². The van der Waals surface area contributed by atoms with Crippen LogP contribution in [0.1, 0.15) is 45.6 Å². The fourth-order valence-corrected chi connectivity index (χ4v) is 4.27. The van der Waals surface area contributed by atoms with Crippen LogP contribution in [0.5, 0.6) is 0 Å². The van der Waals surface area contributed by atoms with Gasteiger partial charge in [-0.05, 0) is 45.6 Å². The Morgan fingerprint density at radius 3 is 2.36 bits per heavy atom. The Balaban J connectivity index is 1.93. The Kier molecular flexibility index (Phi) is 5.75. The molecule has 7 nitrogen and oxygen atoms in total. The van der Waals surface area contributed by atoms with E-state index >= 15 is 0 Å². The average Bonchev–Trinajstić information content (AvgIpc) is 3.31. The van der Waals surface area contributed by atoms with Crippen LogP contribution < -0.4 is 4.83 Å². The number of carbonyl (C=O) groups is 1. The number of hydrogen-bond acceptors (Lipinski definition) is 4. The molecule has 1 fully saturated rings. The van der Waals surface area contributed by atoms with Crippen LogP contribution in [0.2, 0.25) is 0 Å². The molecule has 0 aromatic heterocycles. The number of nitrogens with zero attached hydrogens (tertiary/aromatic N) is 1. The summed E-state index contributed by atoms with van der Waals surface area (Å²) in [6.07, 6.45) is 0.0305. The summed E-state index contributed by atoms with van der Waals surface area (Å²) in [4.78, 5) is 13.6. The summed E-state index contributed by atoms with van der Waals surface area (Å²) in [5.74, 6) is 0. The molecule has 1 aliphatic carbocycles. The third-order valence-electron chi connectivity index (χ3n) is 4.26. The number of benzene rings is 1. The molecule has 0 heterocycles. The van der Waals surface area contributed by atoms with E-state index < -0.39 is 26.4 Å². The number of ether oxygens (including phenoxy) is 1. The van der Waals surface area contributed by atoms with Crippen LogP contribution >= 0.6 is 0 Å². The molecule has 8 heteroatoms. The SMILES string of the molecule is CC(C)(C)N(NS(=O)(=O)C1(CCOCc2ccccc2)CC1)C(=O)O. The van der Waals surface area contributed by atoms with Crippen molar-refractivity contribution in [2.45, 2.75) is 56.9 Å². The van der Waals surface area contributed by atoms with Crippen molar-refractivity contribution in [2.24, 2.45) is 0 Å². The standard InChI is InChI=1S/C17H26N2O5S/c1-16(2,3)19(15(20)21)18-25(22,23)17(9-10-17)11-12-24-13-14-7-5-4-6-8-14/h4-8,18H,9-13H2,1-3H3,(H,20,21). The summed E-state index contributed by atoms with van der Waals surface area (Å²) in [6.45, 7) is 5.62. The zero-order valence-corrected chi connectivity index (χ0v) is 15.7. The molecular weight excluding hydrogens is 344 g/mol. The minimum Gasteiger partial charge on any atom is -0.464 e. The van der Waals surface area contributed by atoms with E-state index in [-0.39, 0.29) is 0 Å². The molecule has 0 saturated heterocycles. The van der Waals surface area contributed by atoms with Gasteiger partial charge in [0.05, 0.1) is 16.9 Å². The summed E-state index contributed by atoms with van der Waals surface area (Å²) in [5.41, 5.74) is 0.150. The van der Waals surface area contributed by atoms with Crippen molar-refractivity contribution in [3.63, 3.8) is 0 Å². The van der Waals surface area contributed by atoms with Crippen LogP contribution in [-0.2, 0) is 21.4 Å². The molecule has 0 unspecified atom stereocenters. The largest absolute Gasteiger partial charge is 0.464 e. The van der Waals surface area contributed by atoms with Crippen molar-refractivity contribution in [2.75, 3.05) is 6.61 Å². The maximum Gasteiger partial charge on any atom is 0.423 e. The van der Waals surface area contributed by atoms with Crippen molar-refractivity contribution in [3.05, 3.63) is 35.9 Å². The van der Waals surface area contributed by atoms with Crippen molar-refractivity contribution < 1.29 is 23.1 Å². The van der Waals surface area contributed by atoms with Crippen LogP contribution in [0.25, 0.3) is 0 Å². The number of rotatable bonds is 8. The Labute approximate surface area is 149 Å². The van der Waals surface area contributed by atoms with Crippen molar-refractivity contribution in [1.29, 1.82) is 0 Å². The summed E-state index contributed by atoms with van der Waals surface area (Å²) in [6, 6.07) is 9.65. The molecule has 1 saturated carbocycles. The smallest absolute Gasteiger partial charge is 0.423 e. The predicted octanol–water partition coefficient (Wildman–Crippen LogP) is 2.74. The maximum absolute atomic E-state index is 12.7. The van der Waals surface area contributed by atoms with Crippen molar-refractivity contribution >= 4 is 16.1 Å². The molecule has 0 aliphatic heterocycles. The minimum absolute atomic E-state index is 0.304. The van der Waals surface area contributed by atoms with Gasteiger partial charge in [0.15, 0.2) is 0 Å². The molecule has 2 N–H and O–H groups in total. The summed E-state index contributed by atoms with van der Waals surface area (Å²) in [7, 11) is -3.81. The first-order valence-corrected chi connectivity index (χ1v) is 9.73. The van der Waals surface area contributed by atoms with E-state index in [0.29, 0.717) is 32.5 Å². The van der Waals surface area contributed by atoms with Gasteiger partial charge >= 0.3 is 6.09 Å². The average molecular weight is 370 g/mol. The first-order valence-electron chi connectivity index (χ1n) is 8.24. The monoisotopic (exact) mass is 370 g/mol. The van der Waals surface area contributed by atoms with Crippen LogP contribution in [0.3, 0.4) is 0 Å². The molecular formula is C17H26N2O5S. The van der Waals surface area contributed by atoms with E-state index in [1.54, 1.807) is 20.8 Å². The summed E-state index contributed by atoms with van der Waals surface area (Å²) in [5, 5.41) is 10.0. The minimum atomic E-state index is -3.81. The van der Waals surface area contributed by atoms with E-state index in [0.717, 1.165) is 10.6 Å². The van der Waals surface area contributed by atoms with Gasteiger partial charge in [-0.25, -0.2) is 18.2 Å². The molecule has 2 rings (SSSR count). The zero-order chi connectivity index (χ0) is 18.7. The predicted molar refractivity (Wildman–Crippen MR) is 94.4 cm³/mol. The lowest BCUT2D eigenvalue weighted by Crippen LogP contribution is -2.57. The summed E-state index contributed by atoms with van der Waals surface area (Å²) < 4.78 is 30.0. The van der Waals surface area contributed by atoms with Gasteiger partial charge in [-0.2, -0.15) is 0 Å². The van der Waals surface area contributed by atoms with E-state index in [2.05, 4.69) is 4.83 Å². The van der Waals surface area contributed by atoms with Crippen LogP contribution in [0.4, 0.5) is 4.79 Å². The zero-order valence-electron chi connectivity index (χ0n) is 14.9. The highest BCUT2D eigenvalue weighted by molar-refractivity contribution is 7.91. The number of hydrazine groups is 1. The summed E-state index contributed by atoms with van der Waals surface area (Å²) >= 11 is 0. The van der Waals surface area contributed by atoms with Gasteiger partial charge in [-0.3, -0.25) is 0 Å². The Morgan fingerprint density at radius 1 is 1.28 bits per heavy atom. The highest BCUT2D eigenvalue weighted by Crippen LogP contribution is 2.46. The van der Waals surface area contributed by atoms with E-state index in [1.807, 2.05) is 30.3 Å². The van der Waals surface area contributed by atoms with Crippen LogP contribution in [-0.4, -0.2) is 41.5 Å². The van der Waals surface area contributed by atoms with Gasteiger partial charge < -0.3 is 9.84 Å². The number of amides is 1. The molecule has 140 valence electrons. The van der Waals surface area contributed by atoms with Gasteiger partial charge in [0, 0.05) is 6.61 Å². The lowest BCUT2D eigenvalue weighted by molar-refractivity contribution is 0.0847. The Hall–Kier alpha value is -1.64. The third kappa shape index (κ3) is 4.93. The highest BCUT2D eigenvalue weighted by atomic mass is 32.2. The fourth-order valence-electron chi connectivity index (χ4n) is 2.49. The molecule has 1 aromatic carbocycles. The highest BCUT2D eigenvalue weighted by Gasteiger charge is 2.55. The Bertz CT molecular complexity index is 693. The second-order valence-corrected chi connectivity index (χ2v) is 9.41. The van der Waals surface area contributed by atoms with Gasteiger partial charge in [0.1, 0.15) is 0 Å². The third-order valence-corrected chi connectivity index (χ3v) is 6.44. The second kappa shape index (κ2) is 7.31. The lowest BCUT2D eigenvalue weighted by Gasteiger charge is -2.34. The van der Waals surface area contributed by atoms with Gasteiger partial charge in [0.25, 0.3) is 0 Å². The Morgan fingerprint density at radius 2 is 1.88 bits per heavy atom. The van der Waals surface area contributed by atoms with Crippen molar-refractivity contribution in [1.82, 2.24) is 9.84 Å². The molecule has 25 heavy (non-hydrogen) atoms. The number of nitrogens with one attached hydrogen (secondary N) is 1. The van der Waals surface area contributed by atoms with Gasteiger partial charge in [-0.15, -0.1) is 4.83 Å².